The molecule has 0 saturated carbocycles. The molecule has 0 bridgehead atoms. The molecule has 0 unspecified atom stereocenters. The van der Waals surface area contributed by atoms with Gasteiger partial charge in [-0.25, -0.2) is 4.98 Å². The molecule has 4 heterocycles. The van der Waals surface area contributed by atoms with Gasteiger partial charge in [0.25, 0.3) is 6.33 Å². The third-order valence-corrected chi connectivity index (χ3v) is 13.8. The summed E-state index contributed by atoms with van der Waals surface area (Å²) in [5, 5.41) is 3.50. The Morgan fingerprint density at radius 2 is 1.35 bits per heavy atom. The maximum Gasteiger partial charge on any atom is 0.269 e. The van der Waals surface area contributed by atoms with Crippen molar-refractivity contribution >= 4 is 38.4 Å². The lowest BCUT2D eigenvalue weighted by molar-refractivity contribution is -0.572. The second-order valence-electron chi connectivity index (χ2n) is 18.9. The molecule has 9 aromatic rings. The number of aromatic nitrogens is 4. The van der Waals surface area contributed by atoms with Crippen LogP contribution < -0.4 is 9.30 Å². The maximum absolute atomic E-state index is 7.09. The van der Waals surface area contributed by atoms with E-state index in [9.17, 15) is 0 Å². The van der Waals surface area contributed by atoms with E-state index in [1.807, 2.05) is 0 Å². The Hall–Kier alpha value is -6.20. The van der Waals surface area contributed by atoms with E-state index in [4.69, 9.17) is 9.72 Å². The van der Waals surface area contributed by atoms with Gasteiger partial charge in [0.2, 0.25) is 0 Å². The number of para-hydroxylation sites is 4. The van der Waals surface area contributed by atoms with Gasteiger partial charge >= 0.3 is 0 Å². The molecule has 1 aliphatic rings. The lowest BCUT2D eigenvalue weighted by Gasteiger charge is -2.45. The predicted molar refractivity (Wildman–Crippen MR) is 248 cm³/mol. The van der Waals surface area contributed by atoms with Gasteiger partial charge in [-0.3, -0.25) is 13.5 Å². The van der Waals surface area contributed by atoms with Crippen molar-refractivity contribution in [1.82, 2.24) is 14.0 Å². The minimum Gasteiger partial charge on any atom is -0.458 e. The van der Waals surface area contributed by atoms with E-state index in [0.29, 0.717) is 17.8 Å². The highest BCUT2D eigenvalue weighted by atomic mass is 16.5. The molecule has 60 heavy (non-hydrogen) atoms. The van der Waals surface area contributed by atoms with Gasteiger partial charge in [-0.2, -0.15) is 0 Å². The molecule has 0 fully saturated rings. The third kappa shape index (κ3) is 5.65. The lowest BCUT2D eigenvalue weighted by Crippen LogP contribution is -2.44. The molecule has 0 aliphatic carbocycles. The van der Waals surface area contributed by atoms with E-state index in [1.54, 1.807) is 0 Å². The fourth-order valence-electron chi connectivity index (χ4n) is 9.74. The Labute approximate surface area is 353 Å². The minimum absolute atomic E-state index is 0.0717. The summed E-state index contributed by atoms with van der Waals surface area (Å²) in [5.41, 5.74) is 15.3. The Kier molecular flexibility index (Phi) is 8.67. The first-order chi connectivity index (χ1) is 28.7. The van der Waals surface area contributed by atoms with E-state index in [0.717, 1.165) is 50.5 Å². The molecular formula is C55H54N4O. The van der Waals surface area contributed by atoms with Crippen molar-refractivity contribution in [3.63, 3.8) is 0 Å². The van der Waals surface area contributed by atoms with Gasteiger partial charge in [0.15, 0.2) is 0 Å². The summed E-state index contributed by atoms with van der Waals surface area (Å²) in [6.45, 7) is 23.3. The number of benzene rings is 6. The molecule has 10 rings (SSSR count). The number of imidazole rings is 2. The molecular weight excluding hydrogens is 733 g/mol. The molecule has 0 amide bonds. The van der Waals surface area contributed by atoms with Gasteiger partial charge < -0.3 is 4.74 Å². The van der Waals surface area contributed by atoms with Gasteiger partial charge in [-0.1, -0.05) is 142 Å². The van der Waals surface area contributed by atoms with Crippen LogP contribution in [0.2, 0.25) is 0 Å². The number of hydrogen-bond acceptors (Lipinski definition) is 2. The minimum atomic E-state index is -0.123. The van der Waals surface area contributed by atoms with E-state index in [2.05, 4.69) is 217 Å². The average molecular weight is 787 g/mol. The van der Waals surface area contributed by atoms with Crippen LogP contribution in [0.1, 0.15) is 115 Å². The Morgan fingerprint density at radius 1 is 0.633 bits per heavy atom. The summed E-state index contributed by atoms with van der Waals surface area (Å²) >= 11 is 0. The molecule has 0 N–H and O–H groups in total. The van der Waals surface area contributed by atoms with Crippen molar-refractivity contribution < 1.29 is 9.30 Å². The maximum atomic E-state index is 7.09. The van der Waals surface area contributed by atoms with Crippen LogP contribution in [0.5, 0.6) is 11.5 Å². The largest absolute Gasteiger partial charge is 0.458 e. The predicted octanol–water partition coefficient (Wildman–Crippen LogP) is 14.1. The standard InChI is InChI=1S/C55H54N4O/c1-33(2)36-27-44(34(3)4)51(45(28-36)35(5)6)37-25-39(58-32-57(38-17-12-11-13-18-38)48-21-14-15-22-49(48)58)29-41(26-37)60-40-23-24-42-43-19-16-20-47-52(43)59-50(55(9,10)54(47,7)8)31-56-53(59)46(42)30-40/h11-31,33-35H,1-10H3. The Balaban J connectivity index is 1.20. The Bertz CT molecular complexity index is 3130. The zero-order valence-electron chi connectivity index (χ0n) is 36.6. The Morgan fingerprint density at radius 3 is 2.07 bits per heavy atom. The molecule has 0 atom stereocenters. The van der Waals surface area contributed by atoms with E-state index >= 15 is 0 Å². The SMILES string of the molecule is CC(C)c1cc(C(C)C)c(-c2cc(Oc3ccc4c(c3)c3ncc5n3c3c(cccc43)C(C)(C)C5(C)C)cc(-n3[c-][n+](-c4ccccc4)c4ccccc43)c2)c(C(C)C)c1. The second-order valence-corrected chi connectivity index (χ2v) is 18.9. The van der Waals surface area contributed by atoms with Crippen LogP contribution in [0, 0.1) is 6.33 Å². The van der Waals surface area contributed by atoms with Crippen LogP contribution >= 0.6 is 0 Å². The zero-order valence-corrected chi connectivity index (χ0v) is 36.6. The van der Waals surface area contributed by atoms with Gasteiger partial charge in [-0.05, 0) is 105 Å². The summed E-state index contributed by atoms with van der Waals surface area (Å²) < 4.78 is 13.8. The second kappa shape index (κ2) is 13.7. The molecule has 0 radical (unpaired) electrons. The van der Waals surface area contributed by atoms with Crippen molar-refractivity contribution in [2.75, 3.05) is 0 Å². The number of fused-ring (bicyclic) bond motifs is 4. The number of rotatable bonds is 8. The summed E-state index contributed by atoms with van der Waals surface area (Å²) in [4.78, 5) is 5.14. The summed E-state index contributed by atoms with van der Waals surface area (Å²) in [7, 11) is 0. The third-order valence-electron chi connectivity index (χ3n) is 13.8. The van der Waals surface area contributed by atoms with Crippen LogP contribution in [0.15, 0.2) is 128 Å². The molecule has 5 nitrogen and oxygen atoms in total. The van der Waals surface area contributed by atoms with Crippen LogP contribution in [0.25, 0.3) is 60.9 Å². The monoisotopic (exact) mass is 786 g/mol. The fraction of sp³-hybridized carbons (Fsp3) is 0.273. The van der Waals surface area contributed by atoms with Crippen molar-refractivity contribution in [1.29, 1.82) is 0 Å². The first-order valence-corrected chi connectivity index (χ1v) is 21.6. The summed E-state index contributed by atoms with van der Waals surface area (Å²) in [6.07, 6.45) is 5.84. The smallest absolute Gasteiger partial charge is 0.269 e. The molecule has 0 spiro atoms. The first-order valence-electron chi connectivity index (χ1n) is 21.6. The number of pyridine rings is 1. The van der Waals surface area contributed by atoms with E-state index in [1.165, 1.54) is 49.8 Å². The van der Waals surface area contributed by atoms with Crippen LogP contribution in [0.4, 0.5) is 0 Å². The van der Waals surface area contributed by atoms with Crippen LogP contribution in [0.3, 0.4) is 0 Å². The fourth-order valence-corrected chi connectivity index (χ4v) is 9.74. The molecule has 300 valence electrons. The topological polar surface area (TPSA) is 35.3 Å². The number of ether oxygens (including phenoxy) is 1. The first kappa shape index (κ1) is 38.0. The van der Waals surface area contributed by atoms with Gasteiger partial charge in [0.1, 0.15) is 17.1 Å². The molecule has 5 heteroatoms. The zero-order chi connectivity index (χ0) is 41.8. The molecule has 0 saturated heterocycles. The number of nitrogens with zero attached hydrogens (tertiary/aromatic N) is 4. The highest BCUT2D eigenvalue weighted by molar-refractivity contribution is 6.13. The van der Waals surface area contributed by atoms with Crippen molar-refractivity contribution in [3.05, 3.63) is 162 Å². The molecule has 6 aromatic carbocycles. The normalized spacial score (nSPS) is 14.6. The number of hydrogen-bond donors (Lipinski definition) is 0. The highest BCUT2D eigenvalue weighted by Crippen LogP contribution is 2.51. The average Bonchev–Trinajstić information content (AvgIpc) is 3.87. The van der Waals surface area contributed by atoms with Crippen molar-refractivity contribution in [3.8, 4) is 34.0 Å². The van der Waals surface area contributed by atoms with E-state index < -0.39 is 0 Å². The highest BCUT2D eigenvalue weighted by Gasteiger charge is 2.46. The van der Waals surface area contributed by atoms with E-state index in [-0.39, 0.29) is 10.8 Å². The quantitative estimate of drug-likeness (QED) is 0.0873. The van der Waals surface area contributed by atoms with Crippen molar-refractivity contribution in [2.24, 2.45) is 0 Å². The summed E-state index contributed by atoms with van der Waals surface area (Å²) in [5.74, 6) is 2.61. The lowest BCUT2D eigenvalue weighted by atomic mass is 9.61. The molecule has 3 aromatic heterocycles. The van der Waals surface area contributed by atoms with Crippen LogP contribution in [-0.2, 0) is 10.8 Å². The van der Waals surface area contributed by atoms with Gasteiger partial charge in [0, 0.05) is 33.5 Å². The molecule has 1 aliphatic heterocycles. The summed E-state index contributed by atoms with van der Waals surface area (Å²) in [6, 6.07) is 43.9. The van der Waals surface area contributed by atoms with Crippen LogP contribution in [-0.4, -0.2) is 14.0 Å². The van der Waals surface area contributed by atoms with Gasteiger partial charge in [0.05, 0.1) is 27.9 Å². The van der Waals surface area contributed by atoms with Gasteiger partial charge in [-0.15, -0.1) is 0 Å². The van der Waals surface area contributed by atoms with Crippen molar-refractivity contribution in [2.45, 2.75) is 97.8 Å².